The molecule has 0 saturated heterocycles. The molecule has 0 bridgehead atoms. The van der Waals surface area contributed by atoms with Gasteiger partial charge in [-0.25, -0.2) is 4.79 Å². The molecule has 18 heavy (non-hydrogen) atoms. The van der Waals surface area contributed by atoms with E-state index in [1.54, 1.807) is 19.4 Å². The minimum Gasteiger partial charge on any atom is -0.302 e. The SMILES string of the molecule is Cn1ccn(Cc2cc([N+](=O)[O-])ccc2Cl)c1=O. The highest BCUT2D eigenvalue weighted by molar-refractivity contribution is 6.31. The fraction of sp³-hybridized carbons (Fsp3) is 0.182. The van der Waals surface area contributed by atoms with Gasteiger partial charge in [0.15, 0.2) is 0 Å². The zero-order valence-electron chi connectivity index (χ0n) is 9.54. The maximum absolute atomic E-state index is 11.7. The van der Waals surface area contributed by atoms with Crippen LogP contribution in [-0.2, 0) is 13.6 Å². The van der Waals surface area contributed by atoms with Crippen molar-refractivity contribution in [3.63, 3.8) is 0 Å². The first-order valence-corrected chi connectivity index (χ1v) is 5.51. The average Bonchev–Trinajstić information content (AvgIpc) is 2.63. The smallest absolute Gasteiger partial charge is 0.302 e. The zero-order chi connectivity index (χ0) is 13.3. The summed E-state index contributed by atoms with van der Waals surface area (Å²) in [5.74, 6) is 0. The molecule has 2 aromatic rings. The van der Waals surface area contributed by atoms with Crippen LogP contribution in [0.25, 0.3) is 0 Å². The van der Waals surface area contributed by atoms with E-state index in [9.17, 15) is 14.9 Å². The van der Waals surface area contributed by atoms with Gasteiger partial charge in [0.05, 0.1) is 11.5 Å². The number of aromatic nitrogens is 2. The van der Waals surface area contributed by atoms with Gasteiger partial charge in [0, 0.05) is 36.6 Å². The lowest BCUT2D eigenvalue weighted by Crippen LogP contribution is -2.22. The van der Waals surface area contributed by atoms with Gasteiger partial charge in [0.1, 0.15) is 0 Å². The van der Waals surface area contributed by atoms with Crippen molar-refractivity contribution in [1.82, 2.24) is 9.13 Å². The van der Waals surface area contributed by atoms with Gasteiger partial charge >= 0.3 is 5.69 Å². The molecule has 0 aliphatic heterocycles. The van der Waals surface area contributed by atoms with E-state index >= 15 is 0 Å². The van der Waals surface area contributed by atoms with Crippen LogP contribution in [0.1, 0.15) is 5.56 Å². The van der Waals surface area contributed by atoms with Crippen molar-refractivity contribution >= 4 is 17.3 Å². The largest absolute Gasteiger partial charge is 0.328 e. The predicted molar refractivity (Wildman–Crippen MR) is 66.9 cm³/mol. The Morgan fingerprint density at radius 1 is 1.39 bits per heavy atom. The molecule has 0 saturated carbocycles. The van der Waals surface area contributed by atoms with Crippen molar-refractivity contribution in [3.8, 4) is 0 Å². The Hall–Kier alpha value is -2.08. The highest BCUT2D eigenvalue weighted by atomic mass is 35.5. The summed E-state index contributed by atoms with van der Waals surface area (Å²) in [6.07, 6.45) is 3.23. The maximum atomic E-state index is 11.7. The van der Waals surface area contributed by atoms with Crippen molar-refractivity contribution in [2.45, 2.75) is 6.54 Å². The van der Waals surface area contributed by atoms with Gasteiger partial charge in [-0.05, 0) is 11.6 Å². The van der Waals surface area contributed by atoms with Gasteiger partial charge in [0.2, 0.25) is 0 Å². The first kappa shape index (κ1) is 12.4. The van der Waals surface area contributed by atoms with E-state index < -0.39 is 4.92 Å². The Kier molecular flexibility index (Phi) is 3.20. The van der Waals surface area contributed by atoms with Crippen molar-refractivity contribution in [1.29, 1.82) is 0 Å². The molecule has 2 rings (SSSR count). The lowest BCUT2D eigenvalue weighted by Gasteiger charge is -2.04. The number of non-ortho nitro benzene ring substituents is 1. The number of nitro groups is 1. The van der Waals surface area contributed by atoms with Gasteiger partial charge in [-0.2, -0.15) is 0 Å². The quantitative estimate of drug-likeness (QED) is 0.629. The molecule has 0 N–H and O–H groups in total. The summed E-state index contributed by atoms with van der Waals surface area (Å²) in [6.45, 7) is 0.209. The average molecular weight is 268 g/mol. The van der Waals surface area contributed by atoms with E-state index in [0.29, 0.717) is 10.6 Å². The third kappa shape index (κ3) is 2.28. The van der Waals surface area contributed by atoms with Crippen molar-refractivity contribution in [2.75, 3.05) is 0 Å². The number of nitro benzene ring substituents is 1. The van der Waals surface area contributed by atoms with Crippen LogP contribution in [0, 0.1) is 10.1 Å². The molecule has 7 heteroatoms. The molecule has 1 heterocycles. The van der Waals surface area contributed by atoms with Crippen LogP contribution in [0.5, 0.6) is 0 Å². The second kappa shape index (κ2) is 4.66. The van der Waals surface area contributed by atoms with Gasteiger partial charge in [-0.3, -0.25) is 14.7 Å². The first-order chi connectivity index (χ1) is 8.49. The van der Waals surface area contributed by atoms with E-state index in [1.807, 2.05) is 0 Å². The summed E-state index contributed by atoms with van der Waals surface area (Å²) in [7, 11) is 1.63. The first-order valence-electron chi connectivity index (χ1n) is 5.13. The molecule has 94 valence electrons. The maximum Gasteiger partial charge on any atom is 0.328 e. The molecule has 6 nitrogen and oxygen atoms in total. The number of hydrogen-bond acceptors (Lipinski definition) is 3. The van der Waals surface area contributed by atoms with E-state index in [2.05, 4.69) is 0 Å². The van der Waals surface area contributed by atoms with Crippen LogP contribution in [0.3, 0.4) is 0 Å². The molecule has 0 radical (unpaired) electrons. The summed E-state index contributed by atoms with van der Waals surface area (Å²) in [6, 6.07) is 4.17. The van der Waals surface area contributed by atoms with Crippen LogP contribution in [0.4, 0.5) is 5.69 Å². The van der Waals surface area contributed by atoms with Gasteiger partial charge in [-0.1, -0.05) is 11.6 Å². The Morgan fingerprint density at radius 2 is 2.11 bits per heavy atom. The van der Waals surface area contributed by atoms with Crippen LogP contribution in [0.2, 0.25) is 5.02 Å². The molecule has 1 aromatic heterocycles. The highest BCUT2D eigenvalue weighted by Crippen LogP contribution is 2.22. The summed E-state index contributed by atoms with van der Waals surface area (Å²) in [5, 5.41) is 11.1. The molecule has 0 spiro atoms. The van der Waals surface area contributed by atoms with Crippen LogP contribution >= 0.6 is 11.6 Å². The minimum atomic E-state index is -0.492. The van der Waals surface area contributed by atoms with E-state index in [1.165, 1.54) is 27.3 Å². The molecule has 0 fully saturated rings. The Labute approximate surface area is 107 Å². The Bertz CT molecular complexity index is 660. The molecular formula is C11H10ClN3O3. The summed E-state index contributed by atoms with van der Waals surface area (Å²) in [4.78, 5) is 21.8. The number of benzene rings is 1. The Balaban J connectivity index is 2.39. The molecule has 0 aliphatic carbocycles. The van der Waals surface area contributed by atoms with Crippen LogP contribution < -0.4 is 5.69 Å². The number of aryl methyl sites for hydroxylation is 1. The predicted octanol–water partition coefficient (Wildman–Crippen LogP) is 1.80. The number of halogens is 1. The number of nitrogens with zero attached hydrogens (tertiary/aromatic N) is 3. The van der Waals surface area contributed by atoms with Gasteiger partial charge < -0.3 is 4.57 Å². The molecule has 0 aliphatic rings. The molecule has 1 aromatic carbocycles. The molecule has 0 amide bonds. The summed E-state index contributed by atoms with van der Waals surface area (Å²) >= 11 is 5.97. The number of rotatable bonds is 3. The number of imidazole rings is 1. The summed E-state index contributed by atoms with van der Waals surface area (Å²) in [5.41, 5.74) is 0.301. The van der Waals surface area contributed by atoms with Gasteiger partial charge in [-0.15, -0.1) is 0 Å². The second-order valence-corrected chi connectivity index (χ2v) is 4.26. The highest BCUT2D eigenvalue weighted by Gasteiger charge is 2.11. The number of hydrogen-bond donors (Lipinski definition) is 0. The second-order valence-electron chi connectivity index (χ2n) is 3.85. The van der Waals surface area contributed by atoms with Crippen molar-refractivity contribution in [3.05, 3.63) is 61.8 Å². The normalized spacial score (nSPS) is 10.6. The monoisotopic (exact) mass is 267 g/mol. The zero-order valence-corrected chi connectivity index (χ0v) is 10.3. The van der Waals surface area contributed by atoms with E-state index in [4.69, 9.17) is 11.6 Å². The third-order valence-corrected chi connectivity index (χ3v) is 2.97. The standard InChI is InChI=1S/C11H10ClN3O3/c1-13-4-5-14(11(13)16)7-8-6-9(15(17)18)2-3-10(8)12/h2-6H,7H2,1H3. The fourth-order valence-corrected chi connectivity index (χ4v) is 1.79. The van der Waals surface area contributed by atoms with E-state index in [0.717, 1.165) is 0 Å². The topological polar surface area (TPSA) is 70.1 Å². The van der Waals surface area contributed by atoms with Crippen LogP contribution in [0.15, 0.2) is 35.4 Å². The molecular weight excluding hydrogens is 258 g/mol. The molecule has 0 unspecified atom stereocenters. The lowest BCUT2D eigenvalue weighted by atomic mass is 10.2. The summed E-state index contributed by atoms with van der Waals surface area (Å²) < 4.78 is 2.86. The third-order valence-electron chi connectivity index (χ3n) is 2.60. The minimum absolute atomic E-state index is 0.0432. The fourth-order valence-electron chi connectivity index (χ4n) is 1.61. The molecule has 0 atom stereocenters. The Morgan fingerprint density at radius 3 is 2.67 bits per heavy atom. The lowest BCUT2D eigenvalue weighted by molar-refractivity contribution is -0.384. The van der Waals surface area contributed by atoms with E-state index in [-0.39, 0.29) is 17.9 Å². The van der Waals surface area contributed by atoms with Crippen molar-refractivity contribution in [2.24, 2.45) is 7.05 Å². The van der Waals surface area contributed by atoms with Crippen molar-refractivity contribution < 1.29 is 4.92 Å². The van der Waals surface area contributed by atoms with Gasteiger partial charge in [0.25, 0.3) is 5.69 Å². The van der Waals surface area contributed by atoms with Crippen LogP contribution in [-0.4, -0.2) is 14.1 Å².